The molecule has 12 heavy (non-hydrogen) atoms. The highest BCUT2D eigenvalue weighted by molar-refractivity contribution is 7.80. The molecule has 0 aromatic heterocycles. The lowest BCUT2D eigenvalue weighted by Gasteiger charge is -2.31. The standard InChI is InChI=1S/C8H15F2NS/c9-8(10)2-5-11(6-3-8)4-1-7-12/h12H,1-7H2. The van der Waals surface area contributed by atoms with Gasteiger partial charge < -0.3 is 4.90 Å². The highest BCUT2D eigenvalue weighted by atomic mass is 32.1. The van der Waals surface area contributed by atoms with Crippen LogP contribution in [0.25, 0.3) is 0 Å². The maximum absolute atomic E-state index is 12.7. The number of piperidine rings is 1. The van der Waals surface area contributed by atoms with E-state index < -0.39 is 5.92 Å². The second-order valence-electron chi connectivity index (χ2n) is 3.27. The molecule has 0 aliphatic carbocycles. The van der Waals surface area contributed by atoms with Gasteiger partial charge >= 0.3 is 0 Å². The van der Waals surface area contributed by atoms with Gasteiger partial charge in [-0.05, 0) is 18.7 Å². The first-order chi connectivity index (χ1) is 5.64. The Morgan fingerprint density at radius 3 is 2.33 bits per heavy atom. The van der Waals surface area contributed by atoms with Gasteiger partial charge in [-0.2, -0.15) is 12.6 Å². The lowest BCUT2D eigenvalue weighted by molar-refractivity contribution is -0.0549. The molecule has 1 rings (SSSR count). The molecule has 72 valence electrons. The Morgan fingerprint density at radius 1 is 1.25 bits per heavy atom. The van der Waals surface area contributed by atoms with Crippen molar-refractivity contribution >= 4 is 12.6 Å². The van der Waals surface area contributed by atoms with Gasteiger partial charge in [-0.3, -0.25) is 0 Å². The molecule has 0 N–H and O–H groups in total. The molecular formula is C8H15F2NS. The monoisotopic (exact) mass is 195 g/mol. The van der Waals surface area contributed by atoms with E-state index in [-0.39, 0.29) is 12.8 Å². The predicted octanol–water partition coefficient (Wildman–Crippen LogP) is 2.04. The number of thiol groups is 1. The van der Waals surface area contributed by atoms with Crippen LogP contribution in [0.1, 0.15) is 19.3 Å². The molecule has 4 heteroatoms. The second-order valence-corrected chi connectivity index (χ2v) is 3.72. The molecule has 1 saturated heterocycles. The van der Waals surface area contributed by atoms with E-state index in [9.17, 15) is 8.78 Å². The van der Waals surface area contributed by atoms with E-state index in [2.05, 4.69) is 17.5 Å². The molecule has 1 aliphatic rings. The average molecular weight is 195 g/mol. The van der Waals surface area contributed by atoms with Crippen LogP contribution in [0.3, 0.4) is 0 Å². The summed E-state index contributed by atoms with van der Waals surface area (Å²) in [6, 6.07) is 0. The lowest BCUT2D eigenvalue weighted by atomic mass is 10.1. The van der Waals surface area contributed by atoms with E-state index in [1.165, 1.54) is 0 Å². The Balaban J connectivity index is 2.18. The van der Waals surface area contributed by atoms with Gasteiger partial charge in [0.1, 0.15) is 0 Å². The largest absolute Gasteiger partial charge is 0.303 e. The number of alkyl halides is 2. The molecule has 0 bridgehead atoms. The summed E-state index contributed by atoms with van der Waals surface area (Å²) in [6.07, 6.45) is 1.05. The first kappa shape index (κ1) is 10.3. The van der Waals surface area contributed by atoms with Crippen LogP contribution in [0.15, 0.2) is 0 Å². The van der Waals surface area contributed by atoms with Crippen molar-refractivity contribution in [2.45, 2.75) is 25.2 Å². The molecule has 0 saturated carbocycles. The molecule has 0 unspecified atom stereocenters. The molecule has 1 nitrogen and oxygen atoms in total. The fourth-order valence-electron chi connectivity index (χ4n) is 1.40. The van der Waals surface area contributed by atoms with Crippen LogP contribution in [-0.2, 0) is 0 Å². The van der Waals surface area contributed by atoms with Crippen molar-refractivity contribution in [3.8, 4) is 0 Å². The van der Waals surface area contributed by atoms with Crippen LogP contribution < -0.4 is 0 Å². The number of hydrogen-bond acceptors (Lipinski definition) is 2. The van der Waals surface area contributed by atoms with Crippen molar-refractivity contribution in [1.82, 2.24) is 4.90 Å². The fraction of sp³-hybridized carbons (Fsp3) is 1.00. The normalized spacial score (nSPS) is 24.2. The second kappa shape index (κ2) is 4.42. The Morgan fingerprint density at radius 2 is 1.83 bits per heavy atom. The molecule has 1 heterocycles. The lowest BCUT2D eigenvalue weighted by Crippen LogP contribution is -2.39. The van der Waals surface area contributed by atoms with E-state index in [4.69, 9.17) is 0 Å². The third-order valence-electron chi connectivity index (χ3n) is 2.22. The van der Waals surface area contributed by atoms with Crippen molar-refractivity contribution in [3.63, 3.8) is 0 Å². The molecule has 1 aliphatic heterocycles. The maximum atomic E-state index is 12.7. The summed E-state index contributed by atoms with van der Waals surface area (Å²) in [7, 11) is 0. The van der Waals surface area contributed by atoms with Gasteiger partial charge in [0.05, 0.1) is 0 Å². The Kier molecular flexibility index (Phi) is 3.77. The zero-order valence-corrected chi connectivity index (χ0v) is 7.99. The minimum Gasteiger partial charge on any atom is -0.303 e. The van der Waals surface area contributed by atoms with Gasteiger partial charge in [0.2, 0.25) is 0 Å². The molecule has 1 fully saturated rings. The van der Waals surface area contributed by atoms with E-state index in [0.717, 1.165) is 18.7 Å². The maximum Gasteiger partial charge on any atom is 0.250 e. The van der Waals surface area contributed by atoms with Crippen molar-refractivity contribution < 1.29 is 8.78 Å². The van der Waals surface area contributed by atoms with Crippen molar-refractivity contribution in [2.24, 2.45) is 0 Å². The summed E-state index contributed by atoms with van der Waals surface area (Å²) in [5.41, 5.74) is 0. The quantitative estimate of drug-likeness (QED) is 0.674. The Labute approximate surface area is 77.5 Å². The summed E-state index contributed by atoms with van der Waals surface area (Å²) in [6.45, 7) is 2.00. The molecule has 0 aromatic rings. The van der Waals surface area contributed by atoms with Crippen LogP contribution in [0.2, 0.25) is 0 Å². The molecule has 0 radical (unpaired) electrons. The van der Waals surface area contributed by atoms with Crippen molar-refractivity contribution in [2.75, 3.05) is 25.4 Å². The van der Waals surface area contributed by atoms with E-state index in [1.807, 2.05) is 0 Å². The van der Waals surface area contributed by atoms with Crippen LogP contribution >= 0.6 is 12.6 Å². The third kappa shape index (κ3) is 3.27. The molecule has 0 atom stereocenters. The van der Waals surface area contributed by atoms with E-state index in [0.29, 0.717) is 13.1 Å². The summed E-state index contributed by atoms with van der Waals surface area (Å²) in [4.78, 5) is 2.09. The number of halogens is 2. The summed E-state index contributed by atoms with van der Waals surface area (Å²) in [5.74, 6) is -1.57. The van der Waals surface area contributed by atoms with Gasteiger partial charge in [0, 0.05) is 25.9 Å². The molecule has 0 aromatic carbocycles. The van der Waals surface area contributed by atoms with E-state index in [1.54, 1.807) is 0 Å². The Hall–Kier alpha value is 0.170. The van der Waals surface area contributed by atoms with E-state index >= 15 is 0 Å². The summed E-state index contributed by atoms with van der Waals surface area (Å²) in [5, 5.41) is 0. The smallest absolute Gasteiger partial charge is 0.250 e. The van der Waals surface area contributed by atoms with Crippen molar-refractivity contribution in [3.05, 3.63) is 0 Å². The molecule has 0 amide bonds. The van der Waals surface area contributed by atoms with Crippen LogP contribution in [0.5, 0.6) is 0 Å². The molecule has 0 spiro atoms. The summed E-state index contributed by atoms with van der Waals surface area (Å²) < 4.78 is 25.3. The predicted molar refractivity (Wildman–Crippen MR) is 49.1 cm³/mol. The van der Waals surface area contributed by atoms with Crippen LogP contribution in [0.4, 0.5) is 8.78 Å². The number of likely N-dealkylation sites (tertiary alicyclic amines) is 1. The first-order valence-electron chi connectivity index (χ1n) is 4.35. The summed E-state index contributed by atoms with van der Waals surface area (Å²) >= 11 is 4.08. The third-order valence-corrected chi connectivity index (χ3v) is 2.54. The topological polar surface area (TPSA) is 3.24 Å². The first-order valence-corrected chi connectivity index (χ1v) is 4.98. The van der Waals surface area contributed by atoms with Gasteiger partial charge in [0.15, 0.2) is 0 Å². The fourth-order valence-corrected chi connectivity index (χ4v) is 1.54. The average Bonchev–Trinajstić information content (AvgIpc) is 2.03. The minimum absolute atomic E-state index is 0.0274. The number of nitrogens with zero attached hydrogens (tertiary/aromatic N) is 1. The highest BCUT2D eigenvalue weighted by Gasteiger charge is 2.33. The van der Waals surface area contributed by atoms with Gasteiger partial charge in [-0.1, -0.05) is 0 Å². The highest BCUT2D eigenvalue weighted by Crippen LogP contribution is 2.27. The van der Waals surface area contributed by atoms with Crippen LogP contribution in [0, 0.1) is 0 Å². The minimum atomic E-state index is -2.41. The Bertz CT molecular complexity index is 131. The molecular weight excluding hydrogens is 180 g/mol. The van der Waals surface area contributed by atoms with Crippen molar-refractivity contribution in [1.29, 1.82) is 0 Å². The number of hydrogen-bond donors (Lipinski definition) is 1. The van der Waals surface area contributed by atoms with Gasteiger partial charge in [-0.25, -0.2) is 8.78 Å². The number of rotatable bonds is 3. The van der Waals surface area contributed by atoms with Crippen LogP contribution in [-0.4, -0.2) is 36.2 Å². The SMILES string of the molecule is FC1(F)CCN(CCCS)CC1. The van der Waals surface area contributed by atoms with Gasteiger partial charge in [0.25, 0.3) is 5.92 Å². The zero-order chi connectivity index (χ0) is 9.03. The van der Waals surface area contributed by atoms with Gasteiger partial charge in [-0.15, -0.1) is 0 Å². The zero-order valence-electron chi connectivity index (χ0n) is 7.10.